The summed E-state index contributed by atoms with van der Waals surface area (Å²) in [6.07, 6.45) is 2.94. The molecule has 39 heavy (non-hydrogen) atoms. The Morgan fingerprint density at radius 2 is 1.92 bits per heavy atom. The molecule has 3 N–H and O–H groups in total. The number of aromatic nitrogens is 2. The van der Waals surface area contributed by atoms with E-state index < -0.39 is 0 Å². The number of fused-ring (bicyclic) bond motifs is 1. The summed E-state index contributed by atoms with van der Waals surface area (Å²) < 4.78 is 0. The molecule has 8 nitrogen and oxygen atoms in total. The van der Waals surface area contributed by atoms with Gasteiger partial charge in [-0.25, -0.2) is 4.98 Å². The molecule has 206 valence electrons. The van der Waals surface area contributed by atoms with Gasteiger partial charge in [-0.15, -0.1) is 0 Å². The molecule has 1 fully saturated rings. The Hall–Kier alpha value is -3.65. The van der Waals surface area contributed by atoms with Gasteiger partial charge in [0, 0.05) is 85.5 Å². The number of nitrogens with zero attached hydrogens (tertiary/aromatic N) is 3. The van der Waals surface area contributed by atoms with Gasteiger partial charge in [-0.2, -0.15) is 0 Å². The average Bonchev–Trinajstić information content (AvgIpc) is 3.28. The van der Waals surface area contributed by atoms with Crippen LogP contribution >= 0.6 is 0 Å². The topological polar surface area (TPSA) is 93.4 Å². The van der Waals surface area contributed by atoms with Crippen molar-refractivity contribution in [1.82, 2.24) is 20.6 Å². The minimum absolute atomic E-state index is 0.154. The highest BCUT2D eigenvalue weighted by Gasteiger charge is 2.33. The van der Waals surface area contributed by atoms with Crippen LogP contribution in [0.5, 0.6) is 0 Å². The Morgan fingerprint density at radius 1 is 1.15 bits per heavy atom. The molecule has 1 amide bonds. The second-order valence-corrected chi connectivity index (χ2v) is 11.0. The minimum Gasteiger partial charge on any atom is -0.368 e. The molecule has 2 atom stereocenters. The number of hydrogen-bond acceptors (Lipinski definition) is 6. The molecule has 0 bridgehead atoms. The third-order valence-electron chi connectivity index (χ3n) is 8.24. The van der Waals surface area contributed by atoms with Crippen molar-refractivity contribution in [2.45, 2.75) is 59.5 Å². The summed E-state index contributed by atoms with van der Waals surface area (Å²) in [4.78, 5) is 38.6. The monoisotopic (exact) mass is 528 g/mol. The normalized spacial score (nSPS) is 17.7. The second-order valence-electron chi connectivity index (χ2n) is 11.0. The van der Waals surface area contributed by atoms with E-state index in [1.165, 1.54) is 0 Å². The number of anilines is 2. The summed E-state index contributed by atoms with van der Waals surface area (Å²) in [5.41, 5.74) is 6.96. The molecule has 0 radical (unpaired) electrons. The van der Waals surface area contributed by atoms with E-state index in [9.17, 15) is 9.59 Å². The van der Waals surface area contributed by atoms with Crippen molar-refractivity contribution in [3.63, 3.8) is 0 Å². The first-order chi connectivity index (χ1) is 18.8. The standard InChI is InChI=1S/C31H40N6O2/c1-6-22(5)37-18-20(3)29-25(30(38)34-17-26-19(2)13-21(4)35-31(26)39)14-24(15-27(29)37)23-7-8-28(33-16-23)36-11-9-32-10-12-36/h7-8,13-16,20,22,32H,6,9-12,17-18H2,1-5H3,(H,34,38)(H,35,39)/t20?,22-/m0/s1. The fourth-order valence-corrected chi connectivity index (χ4v) is 5.87. The third-order valence-corrected chi connectivity index (χ3v) is 8.24. The summed E-state index contributed by atoms with van der Waals surface area (Å²) in [6.45, 7) is 15.3. The Bertz CT molecular complexity index is 1410. The average molecular weight is 529 g/mol. The molecule has 2 aliphatic heterocycles. The zero-order valence-corrected chi connectivity index (χ0v) is 23.7. The number of pyridine rings is 2. The smallest absolute Gasteiger partial charge is 0.253 e. The van der Waals surface area contributed by atoms with Crippen molar-refractivity contribution in [3.8, 4) is 11.1 Å². The van der Waals surface area contributed by atoms with Crippen molar-refractivity contribution in [2.24, 2.45) is 0 Å². The van der Waals surface area contributed by atoms with E-state index in [0.29, 0.717) is 17.2 Å². The molecular formula is C31H40N6O2. The van der Waals surface area contributed by atoms with Gasteiger partial charge in [0.05, 0.1) is 0 Å². The van der Waals surface area contributed by atoms with E-state index >= 15 is 0 Å². The highest BCUT2D eigenvalue weighted by atomic mass is 16.1. The minimum atomic E-state index is -0.157. The summed E-state index contributed by atoms with van der Waals surface area (Å²) in [5, 5.41) is 6.43. The van der Waals surface area contributed by atoms with Gasteiger partial charge in [-0.05, 0) is 74.2 Å². The van der Waals surface area contributed by atoms with Gasteiger partial charge in [0.2, 0.25) is 0 Å². The molecule has 3 aromatic rings. The molecule has 0 aliphatic carbocycles. The third kappa shape index (κ3) is 5.43. The van der Waals surface area contributed by atoms with E-state index in [1.54, 1.807) is 0 Å². The van der Waals surface area contributed by atoms with Crippen LogP contribution in [0.4, 0.5) is 11.5 Å². The van der Waals surface area contributed by atoms with Crippen LogP contribution in [0.25, 0.3) is 11.1 Å². The molecular weight excluding hydrogens is 488 g/mol. The number of aryl methyl sites for hydroxylation is 2. The number of hydrogen-bond donors (Lipinski definition) is 3. The van der Waals surface area contributed by atoms with Gasteiger partial charge >= 0.3 is 0 Å². The molecule has 1 aromatic carbocycles. The van der Waals surface area contributed by atoms with Gasteiger partial charge in [0.15, 0.2) is 0 Å². The van der Waals surface area contributed by atoms with Gasteiger partial charge in [-0.1, -0.05) is 13.8 Å². The lowest BCUT2D eigenvalue weighted by Gasteiger charge is -2.28. The van der Waals surface area contributed by atoms with Gasteiger partial charge in [0.25, 0.3) is 11.5 Å². The number of benzene rings is 1. The van der Waals surface area contributed by atoms with Crippen molar-refractivity contribution < 1.29 is 4.79 Å². The van der Waals surface area contributed by atoms with Crippen LogP contribution < -0.4 is 26.0 Å². The van der Waals surface area contributed by atoms with Crippen LogP contribution in [0.1, 0.15) is 65.9 Å². The molecule has 5 rings (SSSR count). The zero-order chi connectivity index (χ0) is 27.7. The fraction of sp³-hybridized carbons (Fsp3) is 0.452. The number of aromatic amines is 1. The number of piperazine rings is 1. The molecule has 0 spiro atoms. The van der Waals surface area contributed by atoms with Crippen molar-refractivity contribution in [1.29, 1.82) is 0 Å². The Balaban J connectivity index is 1.50. The number of H-pyrrole nitrogens is 1. The van der Waals surface area contributed by atoms with Crippen LogP contribution in [0.15, 0.2) is 41.3 Å². The first kappa shape index (κ1) is 26.9. The maximum Gasteiger partial charge on any atom is 0.253 e. The van der Waals surface area contributed by atoms with Crippen molar-refractivity contribution >= 4 is 17.4 Å². The lowest BCUT2D eigenvalue weighted by molar-refractivity contribution is 0.0949. The summed E-state index contributed by atoms with van der Waals surface area (Å²) in [7, 11) is 0. The highest BCUT2D eigenvalue weighted by molar-refractivity contribution is 6.00. The molecule has 1 saturated heterocycles. The summed E-state index contributed by atoms with van der Waals surface area (Å²) >= 11 is 0. The van der Waals surface area contributed by atoms with Gasteiger partial charge in [0.1, 0.15) is 5.82 Å². The Morgan fingerprint density at radius 3 is 2.59 bits per heavy atom. The molecule has 2 aromatic heterocycles. The maximum atomic E-state index is 13.7. The number of amides is 1. The number of carbonyl (C=O) groups excluding carboxylic acids is 1. The predicted octanol–water partition coefficient (Wildman–Crippen LogP) is 4.12. The van der Waals surface area contributed by atoms with Gasteiger partial charge < -0.3 is 25.4 Å². The number of carbonyl (C=O) groups is 1. The van der Waals surface area contributed by atoms with Crippen LogP contribution in [0, 0.1) is 13.8 Å². The van der Waals surface area contributed by atoms with Crippen LogP contribution in [-0.4, -0.2) is 54.6 Å². The van der Waals surface area contributed by atoms with E-state index in [0.717, 1.165) is 78.6 Å². The molecule has 2 aliphatic rings. The van der Waals surface area contributed by atoms with Crippen LogP contribution in [-0.2, 0) is 6.54 Å². The lowest BCUT2D eigenvalue weighted by Crippen LogP contribution is -2.43. The second kappa shape index (κ2) is 11.2. The van der Waals surface area contributed by atoms with E-state index in [1.807, 2.05) is 32.2 Å². The van der Waals surface area contributed by atoms with Crippen molar-refractivity contribution in [2.75, 3.05) is 42.5 Å². The summed E-state index contributed by atoms with van der Waals surface area (Å²) in [6, 6.07) is 10.7. The Kier molecular flexibility index (Phi) is 7.75. The van der Waals surface area contributed by atoms with Crippen LogP contribution in [0.2, 0.25) is 0 Å². The molecule has 1 unspecified atom stereocenters. The first-order valence-electron chi connectivity index (χ1n) is 14.1. The molecule has 0 saturated carbocycles. The largest absolute Gasteiger partial charge is 0.368 e. The quantitative estimate of drug-likeness (QED) is 0.427. The lowest BCUT2D eigenvalue weighted by atomic mass is 9.92. The fourth-order valence-electron chi connectivity index (χ4n) is 5.87. The van der Waals surface area contributed by atoms with E-state index in [2.05, 4.69) is 64.4 Å². The van der Waals surface area contributed by atoms with Crippen LogP contribution in [0.3, 0.4) is 0 Å². The summed E-state index contributed by atoms with van der Waals surface area (Å²) in [5.74, 6) is 1.05. The molecule has 8 heteroatoms. The van der Waals surface area contributed by atoms with E-state index in [4.69, 9.17) is 4.98 Å². The zero-order valence-electron chi connectivity index (χ0n) is 23.7. The van der Waals surface area contributed by atoms with Crippen molar-refractivity contribution in [3.05, 3.63) is 74.8 Å². The van der Waals surface area contributed by atoms with E-state index in [-0.39, 0.29) is 23.9 Å². The predicted molar refractivity (Wildman–Crippen MR) is 158 cm³/mol. The maximum absolute atomic E-state index is 13.7. The highest BCUT2D eigenvalue weighted by Crippen LogP contribution is 2.43. The molecule has 4 heterocycles. The number of nitrogens with one attached hydrogen (secondary N) is 3. The first-order valence-corrected chi connectivity index (χ1v) is 14.1. The Labute approximate surface area is 230 Å². The number of rotatable bonds is 7. The SMILES string of the molecule is CC[C@H](C)N1CC(C)c2c(C(=O)NCc3c(C)cc(C)[nH]c3=O)cc(-c3ccc(N4CCNCC4)nc3)cc21. The van der Waals surface area contributed by atoms with Gasteiger partial charge in [-0.3, -0.25) is 9.59 Å².